The van der Waals surface area contributed by atoms with E-state index >= 15 is 0 Å². The Morgan fingerprint density at radius 2 is 1.81 bits per heavy atom. The summed E-state index contributed by atoms with van der Waals surface area (Å²) in [5, 5.41) is 12.0. The first-order valence-electron chi connectivity index (χ1n) is 9.96. The predicted octanol–water partition coefficient (Wildman–Crippen LogP) is 5.45. The second-order valence-corrected chi connectivity index (χ2v) is 6.76. The summed E-state index contributed by atoms with van der Waals surface area (Å²) in [6, 6.07) is 21.1. The van der Waals surface area contributed by atoms with Gasteiger partial charge in [-0.1, -0.05) is 43.7 Å². The van der Waals surface area contributed by atoms with E-state index in [4.69, 9.17) is 9.15 Å². The van der Waals surface area contributed by atoms with Crippen LogP contribution in [0, 0.1) is 11.3 Å². The topological polar surface area (TPSA) is 92.3 Å². The molecule has 0 saturated heterocycles. The summed E-state index contributed by atoms with van der Waals surface area (Å²) >= 11 is 0. The molecule has 1 aromatic heterocycles. The van der Waals surface area contributed by atoms with Crippen molar-refractivity contribution in [1.29, 1.82) is 5.26 Å². The first kappa shape index (κ1) is 21.6. The molecule has 0 bridgehead atoms. The summed E-state index contributed by atoms with van der Waals surface area (Å²) in [7, 11) is 0. The van der Waals surface area contributed by atoms with E-state index in [1.807, 2.05) is 19.1 Å². The molecular weight excluding hydrogens is 392 g/mol. The van der Waals surface area contributed by atoms with Crippen LogP contribution in [0.5, 0.6) is 0 Å². The summed E-state index contributed by atoms with van der Waals surface area (Å²) in [6.45, 7) is 2.44. The number of para-hydroxylation sites is 1. The van der Waals surface area contributed by atoms with Gasteiger partial charge in [0.2, 0.25) is 0 Å². The average molecular weight is 414 g/mol. The maximum Gasteiger partial charge on any atom is 0.338 e. The summed E-state index contributed by atoms with van der Waals surface area (Å²) in [5.41, 5.74) is 1.75. The maximum atomic E-state index is 12.3. The summed E-state index contributed by atoms with van der Waals surface area (Å²) in [5.74, 6) is 0.0551. The van der Waals surface area contributed by atoms with Crippen molar-refractivity contribution in [3.63, 3.8) is 0 Å². The number of carbonyl (C=O) groups is 2. The van der Waals surface area contributed by atoms with Crippen LogP contribution in [-0.4, -0.2) is 18.5 Å². The maximum absolute atomic E-state index is 12.3. The lowest BCUT2D eigenvalue weighted by Gasteiger charge is -2.04. The molecule has 0 atom stereocenters. The van der Waals surface area contributed by atoms with Crippen LogP contribution < -0.4 is 5.32 Å². The third-order valence-electron chi connectivity index (χ3n) is 4.45. The highest BCUT2D eigenvalue weighted by Crippen LogP contribution is 2.24. The number of ether oxygens (including phenoxy) is 1. The minimum absolute atomic E-state index is 0.0741. The Morgan fingerprint density at radius 1 is 1.06 bits per heavy atom. The number of nitrogens with zero attached hydrogens (tertiary/aromatic N) is 1. The Balaban J connectivity index is 1.69. The van der Waals surface area contributed by atoms with Gasteiger partial charge in [0.05, 0.1) is 12.2 Å². The third kappa shape index (κ3) is 5.94. The van der Waals surface area contributed by atoms with E-state index in [0.717, 1.165) is 18.4 Å². The molecule has 0 aliphatic carbocycles. The predicted molar refractivity (Wildman–Crippen MR) is 118 cm³/mol. The molecule has 6 nitrogen and oxygen atoms in total. The first-order valence-corrected chi connectivity index (χ1v) is 9.96. The molecular formula is C25H22N2O4. The van der Waals surface area contributed by atoms with Gasteiger partial charge in [0, 0.05) is 17.3 Å². The van der Waals surface area contributed by atoms with Crippen molar-refractivity contribution < 1.29 is 18.7 Å². The molecule has 1 amide bonds. The molecule has 6 heteroatoms. The highest BCUT2D eigenvalue weighted by atomic mass is 16.5. The van der Waals surface area contributed by atoms with Crippen LogP contribution >= 0.6 is 0 Å². The van der Waals surface area contributed by atoms with Crippen molar-refractivity contribution in [3.05, 3.63) is 83.6 Å². The van der Waals surface area contributed by atoms with Crippen LogP contribution in [0.15, 0.2) is 76.7 Å². The standard InChI is InChI=1S/C25H22N2O4/c1-2-3-15-30-25(29)19-11-9-18(10-12-19)23-14-13-22(31-23)16-20(17-26)24(28)27-21-7-5-4-6-8-21/h4-14,16H,2-3,15H2,1H3,(H,27,28)/b20-16+. The van der Waals surface area contributed by atoms with E-state index in [1.54, 1.807) is 60.7 Å². The minimum Gasteiger partial charge on any atom is -0.462 e. The van der Waals surface area contributed by atoms with Gasteiger partial charge in [0.1, 0.15) is 23.2 Å². The number of nitriles is 1. The van der Waals surface area contributed by atoms with Crippen LogP contribution in [0.2, 0.25) is 0 Å². The molecule has 2 aromatic carbocycles. The normalized spacial score (nSPS) is 10.9. The van der Waals surface area contributed by atoms with Crippen molar-refractivity contribution in [3.8, 4) is 17.4 Å². The Morgan fingerprint density at radius 3 is 2.48 bits per heavy atom. The molecule has 0 radical (unpaired) electrons. The summed E-state index contributed by atoms with van der Waals surface area (Å²) in [6.07, 6.45) is 3.19. The molecule has 0 saturated carbocycles. The summed E-state index contributed by atoms with van der Waals surface area (Å²) in [4.78, 5) is 24.3. The van der Waals surface area contributed by atoms with E-state index in [9.17, 15) is 14.9 Å². The van der Waals surface area contributed by atoms with Crippen LogP contribution in [0.4, 0.5) is 5.69 Å². The summed E-state index contributed by atoms with van der Waals surface area (Å²) < 4.78 is 11.0. The molecule has 0 aliphatic rings. The minimum atomic E-state index is -0.516. The van der Waals surface area contributed by atoms with E-state index in [-0.39, 0.29) is 11.5 Å². The number of hydrogen-bond acceptors (Lipinski definition) is 5. The van der Waals surface area contributed by atoms with Crippen LogP contribution in [0.1, 0.15) is 35.9 Å². The van der Waals surface area contributed by atoms with Gasteiger partial charge in [-0.05, 0) is 42.8 Å². The molecule has 0 fully saturated rings. The number of furan rings is 1. The van der Waals surface area contributed by atoms with Crippen LogP contribution in [0.25, 0.3) is 17.4 Å². The Kier molecular flexibility index (Phi) is 7.39. The number of amides is 1. The van der Waals surface area contributed by atoms with E-state index in [2.05, 4.69) is 5.32 Å². The molecule has 0 spiro atoms. The van der Waals surface area contributed by atoms with Gasteiger partial charge >= 0.3 is 5.97 Å². The SMILES string of the molecule is CCCCOC(=O)c1ccc(-c2ccc(/C=C(\C#N)C(=O)Nc3ccccc3)o2)cc1. The molecule has 31 heavy (non-hydrogen) atoms. The second-order valence-electron chi connectivity index (χ2n) is 6.76. The number of nitrogens with one attached hydrogen (secondary N) is 1. The van der Waals surface area contributed by atoms with Gasteiger partial charge in [-0.25, -0.2) is 4.79 Å². The highest BCUT2D eigenvalue weighted by molar-refractivity contribution is 6.09. The number of benzene rings is 2. The van der Waals surface area contributed by atoms with Crippen molar-refractivity contribution in [2.24, 2.45) is 0 Å². The number of unbranched alkanes of at least 4 members (excludes halogenated alkanes) is 1. The lowest BCUT2D eigenvalue weighted by Crippen LogP contribution is -2.13. The fraction of sp³-hybridized carbons (Fsp3) is 0.160. The molecule has 156 valence electrons. The van der Waals surface area contributed by atoms with Crippen molar-refractivity contribution in [2.75, 3.05) is 11.9 Å². The Hall–Kier alpha value is -4.11. The van der Waals surface area contributed by atoms with Crippen LogP contribution in [0.3, 0.4) is 0 Å². The van der Waals surface area contributed by atoms with Gasteiger partial charge in [0.15, 0.2) is 0 Å². The first-order chi connectivity index (χ1) is 15.1. The molecule has 3 rings (SSSR count). The monoisotopic (exact) mass is 414 g/mol. The number of hydrogen-bond donors (Lipinski definition) is 1. The van der Waals surface area contributed by atoms with Gasteiger partial charge in [-0.15, -0.1) is 0 Å². The second kappa shape index (κ2) is 10.6. The van der Waals surface area contributed by atoms with E-state index < -0.39 is 5.91 Å². The molecule has 0 aliphatic heterocycles. The van der Waals surface area contributed by atoms with Gasteiger partial charge < -0.3 is 14.5 Å². The van der Waals surface area contributed by atoms with Gasteiger partial charge in [-0.2, -0.15) is 5.26 Å². The van der Waals surface area contributed by atoms with Crippen molar-refractivity contribution in [2.45, 2.75) is 19.8 Å². The quantitative estimate of drug-likeness (QED) is 0.229. The lowest BCUT2D eigenvalue weighted by molar-refractivity contribution is -0.112. The third-order valence-corrected chi connectivity index (χ3v) is 4.45. The zero-order valence-corrected chi connectivity index (χ0v) is 17.1. The lowest BCUT2D eigenvalue weighted by atomic mass is 10.1. The Bertz CT molecular complexity index is 1110. The molecule has 0 unspecified atom stereocenters. The number of carbonyl (C=O) groups excluding carboxylic acids is 2. The molecule has 3 aromatic rings. The highest BCUT2D eigenvalue weighted by Gasteiger charge is 2.12. The van der Waals surface area contributed by atoms with Gasteiger partial charge in [-0.3, -0.25) is 4.79 Å². The van der Waals surface area contributed by atoms with Crippen molar-refractivity contribution >= 4 is 23.6 Å². The Labute approximate surface area is 180 Å². The van der Waals surface area contributed by atoms with Gasteiger partial charge in [0.25, 0.3) is 5.91 Å². The number of rotatable bonds is 8. The zero-order valence-electron chi connectivity index (χ0n) is 17.1. The van der Waals surface area contributed by atoms with Crippen LogP contribution in [-0.2, 0) is 9.53 Å². The van der Waals surface area contributed by atoms with E-state index in [0.29, 0.717) is 29.4 Å². The van der Waals surface area contributed by atoms with E-state index in [1.165, 1.54) is 6.08 Å². The molecule has 1 N–H and O–H groups in total. The zero-order chi connectivity index (χ0) is 22.1. The number of esters is 1. The van der Waals surface area contributed by atoms with Crippen molar-refractivity contribution in [1.82, 2.24) is 0 Å². The number of anilines is 1. The fourth-order valence-electron chi connectivity index (χ4n) is 2.76. The average Bonchev–Trinajstić information content (AvgIpc) is 3.27. The molecule has 1 heterocycles. The largest absolute Gasteiger partial charge is 0.462 e. The fourth-order valence-corrected chi connectivity index (χ4v) is 2.76. The smallest absolute Gasteiger partial charge is 0.338 e.